The van der Waals surface area contributed by atoms with Crippen LogP contribution in [0.1, 0.15) is 33.1 Å². The van der Waals surface area contributed by atoms with Crippen LogP contribution in [0.4, 0.5) is 0 Å². The van der Waals surface area contributed by atoms with Crippen molar-refractivity contribution in [2.45, 2.75) is 51.4 Å². The molecule has 0 spiro atoms. The molecule has 1 fully saturated rings. The lowest BCUT2D eigenvalue weighted by Gasteiger charge is -2.36. The molecule has 14 heavy (non-hydrogen) atoms. The summed E-state index contributed by atoms with van der Waals surface area (Å²) in [7, 11) is 1.79. The zero-order valence-electron chi connectivity index (χ0n) is 9.57. The number of likely N-dealkylation sites (tertiary alicyclic amines) is 1. The number of methoxy groups -OCH3 is 1. The average Bonchev–Trinajstić information content (AvgIpc) is 2.17. The lowest BCUT2D eigenvalue weighted by atomic mass is 10.0. The molecule has 1 aliphatic rings. The summed E-state index contributed by atoms with van der Waals surface area (Å²) in [6.45, 7) is 6.21. The number of aliphatic hydroxyl groups excluding tert-OH is 1. The SMILES string of the molecule is COC1CCCN(C(C)CC(C)O)C1. The van der Waals surface area contributed by atoms with Crippen molar-refractivity contribution in [1.82, 2.24) is 4.90 Å². The zero-order chi connectivity index (χ0) is 10.6. The standard InChI is InChI=1S/C11H23NO2/c1-9(7-10(2)13)12-6-4-5-11(8-12)14-3/h9-11,13H,4-8H2,1-3H3. The average molecular weight is 201 g/mol. The molecule has 0 radical (unpaired) electrons. The van der Waals surface area contributed by atoms with Crippen molar-refractivity contribution in [2.24, 2.45) is 0 Å². The molecule has 3 unspecified atom stereocenters. The number of hydrogen-bond acceptors (Lipinski definition) is 3. The Morgan fingerprint density at radius 1 is 1.50 bits per heavy atom. The number of hydrogen-bond donors (Lipinski definition) is 1. The monoisotopic (exact) mass is 201 g/mol. The number of aliphatic hydroxyl groups is 1. The van der Waals surface area contributed by atoms with E-state index in [0.29, 0.717) is 12.1 Å². The molecule has 1 N–H and O–H groups in total. The minimum atomic E-state index is -0.201. The van der Waals surface area contributed by atoms with E-state index in [1.165, 1.54) is 12.8 Å². The molecule has 3 atom stereocenters. The summed E-state index contributed by atoms with van der Waals surface area (Å²) in [5, 5.41) is 9.32. The van der Waals surface area contributed by atoms with E-state index in [4.69, 9.17) is 4.74 Å². The lowest BCUT2D eigenvalue weighted by molar-refractivity contribution is 0.00873. The quantitative estimate of drug-likeness (QED) is 0.743. The van der Waals surface area contributed by atoms with Crippen molar-refractivity contribution in [3.8, 4) is 0 Å². The second-order valence-electron chi connectivity index (χ2n) is 4.43. The Morgan fingerprint density at radius 2 is 2.21 bits per heavy atom. The van der Waals surface area contributed by atoms with E-state index in [1.807, 2.05) is 6.92 Å². The third-order valence-corrected chi connectivity index (χ3v) is 3.05. The van der Waals surface area contributed by atoms with Crippen LogP contribution in [-0.4, -0.2) is 48.5 Å². The van der Waals surface area contributed by atoms with Crippen LogP contribution in [0.5, 0.6) is 0 Å². The molecule has 0 bridgehead atoms. The third-order valence-electron chi connectivity index (χ3n) is 3.05. The maximum atomic E-state index is 9.32. The molecule has 0 saturated carbocycles. The fourth-order valence-corrected chi connectivity index (χ4v) is 2.20. The molecule has 1 aliphatic heterocycles. The van der Waals surface area contributed by atoms with E-state index in [0.717, 1.165) is 19.5 Å². The van der Waals surface area contributed by atoms with E-state index in [9.17, 15) is 5.11 Å². The van der Waals surface area contributed by atoms with Crippen LogP contribution in [0.15, 0.2) is 0 Å². The Balaban J connectivity index is 2.35. The first kappa shape index (κ1) is 12.0. The highest BCUT2D eigenvalue weighted by molar-refractivity contribution is 4.78. The van der Waals surface area contributed by atoms with Crippen LogP contribution in [0.3, 0.4) is 0 Å². The molecule has 0 amide bonds. The largest absolute Gasteiger partial charge is 0.393 e. The molecule has 0 aromatic carbocycles. The summed E-state index contributed by atoms with van der Waals surface area (Å²) in [5.41, 5.74) is 0. The fourth-order valence-electron chi connectivity index (χ4n) is 2.20. The Kier molecular flexibility index (Phi) is 4.85. The molecule has 84 valence electrons. The van der Waals surface area contributed by atoms with Crippen molar-refractivity contribution in [3.63, 3.8) is 0 Å². The molecule has 0 aliphatic carbocycles. The molecule has 1 saturated heterocycles. The van der Waals surface area contributed by atoms with Crippen molar-refractivity contribution in [1.29, 1.82) is 0 Å². The maximum absolute atomic E-state index is 9.32. The van der Waals surface area contributed by atoms with Gasteiger partial charge in [-0.3, -0.25) is 4.90 Å². The van der Waals surface area contributed by atoms with Crippen LogP contribution >= 0.6 is 0 Å². The number of piperidine rings is 1. The van der Waals surface area contributed by atoms with Crippen LogP contribution in [-0.2, 0) is 4.74 Å². The van der Waals surface area contributed by atoms with Gasteiger partial charge in [0.2, 0.25) is 0 Å². The van der Waals surface area contributed by atoms with Gasteiger partial charge in [0.1, 0.15) is 0 Å². The van der Waals surface area contributed by atoms with Gasteiger partial charge < -0.3 is 9.84 Å². The predicted octanol–water partition coefficient (Wildman–Crippen LogP) is 1.26. The summed E-state index contributed by atoms with van der Waals surface area (Å²) in [6, 6.07) is 0.466. The molecular weight excluding hydrogens is 178 g/mol. The van der Waals surface area contributed by atoms with Gasteiger partial charge in [-0.2, -0.15) is 0 Å². The predicted molar refractivity (Wildman–Crippen MR) is 57.4 cm³/mol. The first-order chi connectivity index (χ1) is 6.63. The van der Waals surface area contributed by atoms with E-state index in [1.54, 1.807) is 7.11 Å². The lowest BCUT2D eigenvalue weighted by Crippen LogP contribution is -2.45. The second-order valence-corrected chi connectivity index (χ2v) is 4.43. The van der Waals surface area contributed by atoms with Crippen LogP contribution < -0.4 is 0 Å². The Labute approximate surface area is 87.1 Å². The van der Waals surface area contributed by atoms with Gasteiger partial charge in [-0.15, -0.1) is 0 Å². The smallest absolute Gasteiger partial charge is 0.0698 e. The maximum Gasteiger partial charge on any atom is 0.0698 e. The molecule has 0 aromatic heterocycles. The Bertz CT molecular complexity index is 161. The van der Waals surface area contributed by atoms with Crippen LogP contribution in [0.2, 0.25) is 0 Å². The fraction of sp³-hybridized carbons (Fsp3) is 1.00. The van der Waals surface area contributed by atoms with Crippen molar-refractivity contribution in [2.75, 3.05) is 20.2 Å². The zero-order valence-corrected chi connectivity index (χ0v) is 9.57. The topological polar surface area (TPSA) is 32.7 Å². The third kappa shape index (κ3) is 3.56. The molecule has 3 nitrogen and oxygen atoms in total. The molecule has 1 rings (SSSR count). The molecule has 1 heterocycles. The molecule has 3 heteroatoms. The van der Waals surface area contributed by atoms with Gasteiger partial charge in [0.25, 0.3) is 0 Å². The van der Waals surface area contributed by atoms with Gasteiger partial charge in [0, 0.05) is 19.7 Å². The van der Waals surface area contributed by atoms with Gasteiger partial charge in [-0.05, 0) is 39.7 Å². The summed E-state index contributed by atoms with van der Waals surface area (Å²) in [4.78, 5) is 2.42. The van der Waals surface area contributed by atoms with Crippen LogP contribution in [0.25, 0.3) is 0 Å². The van der Waals surface area contributed by atoms with Crippen molar-refractivity contribution >= 4 is 0 Å². The highest BCUT2D eigenvalue weighted by atomic mass is 16.5. The van der Waals surface area contributed by atoms with E-state index >= 15 is 0 Å². The molecular formula is C11H23NO2. The minimum absolute atomic E-state index is 0.201. The van der Waals surface area contributed by atoms with Crippen molar-refractivity contribution < 1.29 is 9.84 Å². The van der Waals surface area contributed by atoms with Crippen LogP contribution in [0, 0.1) is 0 Å². The van der Waals surface area contributed by atoms with Gasteiger partial charge in [0.05, 0.1) is 12.2 Å². The van der Waals surface area contributed by atoms with Gasteiger partial charge in [-0.25, -0.2) is 0 Å². The second kappa shape index (κ2) is 5.69. The highest BCUT2D eigenvalue weighted by Gasteiger charge is 2.23. The normalized spacial score (nSPS) is 28.7. The summed E-state index contributed by atoms with van der Waals surface area (Å²) < 4.78 is 5.37. The minimum Gasteiger partial charge on any atom is -0.393 e. The Hall–Kier alpha value is -0.120. The number of rotatable bonds is 4. The van der Waals surface area contributed by atoms with E-state index in [2.05, 4.69) is 11.8 Å². The van der Waals surface area contributed by atoms with E-state index in [-0.39, 0.29) is 6.10 Å². The van der Waals surface area contributed by atoms with Crippen molar-refractivity contribution in [3.05, 3.63) is 0 Å². The number of ether oxygens (including phenoxy) is 1. The molecule has 0 aromatic rings. The first-order valence-corrected chi connectivity index (χ1v) is 5.58. The number of nitrogens with zero attached hydrogens (tertiary/aromatic N) is 1. The summed E-state index contributed by atoms with van der Waals surface area (Å²) in [6.07, 6.45) is 3.43. The summed E-state index contributed by atoms with van der Waals surface area (Å²) in [5.74, 6) is 0. The highest BCUT2D eigenvalue weighted by Crippen LogP contribution is 2.17. The first-order valence-electron chi connectivity index (χ1n) is 5.58. The van der Waals surface area contributed by atoms with Gasteiger partial charge in [0.15, 0.2) is 0 Å². The van der Waals surface area contributed by atoms with Gasteiger partial charge in [-0.1, -0.05) is 0 Å². The summed E-state index contributed by atoms with van der Waals surface area (Å²) >= 11 is 0. The van der Waals surface area contributed by atoms with Gasteiger partial charge >= 0.3 is 0 Å². The Morgan fingerprint density at radius 3 is 2.79 bits per heavy atom. The van der Waals surface area contributed by atoms with E-state index < -0.39 is 0 Å².